The summed E-state index contributed by atoms with van der Waals surface area (Å²) in [5.41, 5.74) is 1.28. The highest BCUT2D eigenvalue weighted by molar-refractivity contribution is 6.35. The molecule has 2 heterocycles. The molecule has 0 N–H and O–H groups in total. The van der Waals surface area contributed by atoms with Gasteiger partial charge >= 0.3 is 5.97 Å². The summed E-state index contributed by atoms with van der Waals surface area (Å²) in [4.78, 5) is 25.6. The summed E-state index contributed by atoms with van der Waals surface area (Å²) in [6.07, 6.45) is 3.10. The van der Waals surface area contributed by atoms with Crippen molar-refractivity contribution < 1.29 is 14.3 Å². The van der Waals surface area contributed by atoms with E-state index < -0.39 is 5.97 Å². The molecule has 2 aliphatic rings. The van der Waals surface area contributed by atoms with Crippen molar-refractivity contribution in [3.8, 4) is 28.4 Å². The summed E-state index contributed by atoms with van der Waals surface area (Å²) < 4.78 is 12.8. The molecule has 0 saturated carbocycles. The zero-order chi connectivity index (χ0) is 21.4. The van der Waals surface area contributed by atoms with Crippen molar-refractivity contribution in [1.82, 2.24) is 14.3 Å². The molecule has 2 aliphatic heterocycles. The van der Waals surface area contributed by atoms with E-state index in [1.54, 1.807) is 60.3 Å². The van der Waals surface area contributed by atoms with E-state index in [4.69, 9.17) is 32.7 Å². The van der Waals surface area contributed by atoms with Gasteiger partial charge in [-0.1, -0.05) is 23.2 Å². The number of halogens is 2. The van der Waals surface area contributed by atoms with Gasteiger partial charge in [-0.3, -0.25) is 4.79 Å². The van der Waals surface area contributed by atoms with E-state index in [0.717, 1.165) is 0 Å². The second kappa shape index (κ2) is 7.85. The first-order valence-corrected chi connectivity index (χ1v) is 9.51. The van der Waals surface area contributed by atoms with Gasteiger partial charge in [-0.2, -0.15) is 9.78 Å². The largest absolute Gasteiger partial charge is 0.497 e. The van der Waals surface area contributed by atoms with Crippen molar-refractivity contribution in [2.75, 3.05) is 14.2 Å². The second-order valence-corrected chi connectivity index (χ2v) is 7.19. The first-order valence-electron chi connectivity index (χ1n) is 8.76. The number of carbonyl (C=O) groups excluding carboxylic acids is 1. The number of carbonyl (C=O) groups is 1. The highest BCUT2D eigenvalue weighted by Gasteiger charge is 2.25. The van der Waals surface area contributed by atoms with Gasteiger partial charge in [0.1, 0.15) is 17.0 Å². The van der Waals surface area contributed by atoms with Crippen molar-refractivity contribution in [3.05, 3.63) is 80.8 Å². The fourth-order valence-electron chi connectivity index (χ4n) is 3.09. The van der Waals surface area contributed by atoms with Gasteiger partial charge in [0.05, 0.1) is 36.2 Å². The Labute approximate surface area is 181 Å². The predicted octanol–water partition coefficient (Wildman–Crippen LogP) is 4.23. The summed E-state index contributed by atoms with van der Waals surface area (Å²) in [6.45, 7) is 0. The third kappa shape index (κ3) is 3.42. The van der Waals surface area contributed by atoms with E-state index >= 15 is 0 Å². The number of esters is 1. The number of methoxy groups -OCH3 is 2. The van der Waals surface area contributed by atoms with Gasteiger partial charge in [-0.25, -0.2) is 4.79 Å². The summed E-state index contributed by atoms with van der Waals surface area (Å²) in [5, 5.41) is 5.20. The fourth-order valence-corrected chi connectivity index (χ4v) is 3.60. The molecule has 7 nitrogen and oxygen atoms in total. The predicted molar refractivity (Wildman–Crippen MR) is 114 cm³/mol. The number of nitrogens with zero attached hydrogens (tertiary/aromatic N) is 3. The van der Waals surface area contributed by atoms with Crippen LogP contribution in [0.3, 0.4) is 0 Å². The standard InChI is InChI=1S/C21H15Cl2N3O4/c1-29-14-6-4-13(5-7-14)26-20(27)15-10-25(18-8-3-12(22)9-17(18)23)11-16(19(15)24-26)21(28)30-2/h3-11H,1-2H3. The molecule has 0 spiro atoms. The number of benzene rings is 2. The third-order valence-electron chi connectivity index (χ3n) is 4.58. The Balaban J connectivity index is 1.97. The highest BCUT2D eigenvalue weighted by Crippen LogP contribution is 2.29. The number of fused-ring (bicyclic) bond motifs is 1. The third-order valence-corrected chi connectivity index (χ3v) is 5.12. The molecular formula is C21H15Cl2N3O4. The Morgan fingerprint density at radius 3 is 2.40 bits per heavy atom. The van der Waals surface area contributed by atoms with E-state index in [0.29, 0.717) is 27.2 Å². The molecule has 2 aromatic rings. The molecule has 30 heavy (non-hydrogen) atoms. The van der Waals surface area contributed by atoms with Gasteiger partial charge in [-0.15, -0.1) is 0 Å². The molecule has 0 amide bonds. The molecule has 0 aliphatic carbocycles. The number of hydrogen-bond donors (Lipinski definition) is 0. The van der Waals surface area contributed by atoms with Crippen LogP contribution in [0.5, 0.6) is 5.75 Å². The van der Waals surface area contributed by atoms with Crippen LogP contribution in [0.4, 0.5) is 0 Å². The van der Waals surface area contributed by atoms with Gasteiger partial charge in [0.15, 0.2) is 0 Å². The minimum atomic E-state index is -0.626. The average Bonchev–Trinajstić information content (AvgIpc) is 3.09. The van der Waals surface area contributed by atoms with Gasteiger partial charge in [0.25, 0.3) is 5.56 Å². The Kier molecular flexibility index (Phi) is 5.24. The summed E-state index contributed by atoms with van der Waals surface area (Å²) >= 11 is 12.3. The molecule has 0 aromatic heterocycles. The minimum absolute atomic E-state index is 0.130. The normalized spacial score (nSPS) is 10.9. The van der Waals surface area contributed by atoms with Crippen LogP contribution >= 0.6 is 23.2 Å². The summed E-state index contributed by atoms with van der Waals surface area (Å²) in [6, 6.07) is 11.8. The SMILES string of the molecule is COC(=O)c1cn(-c2ccc(Cl)cc2Cl)cc2c(=O)n(-c3ccc(OC)cc3)nc1-2. The average molecular weight is 444 g/mol. The van der Waals surface area contributed by atoms with Crippen molar-refractivity contribution in [1.29, 1.82) is 0 Å². The van der Waals surface area contributed by atoms with Crippen molar-refractivity contribution >= 4 is 29.2 Å². The molecule has 4 rings (SSSR count). The van der Waals surface area contributed by atoms with Gasteiger partial charge < -0.3 is 14.0 Å². The Morgan fingerprint density at radius 1 is 1.03 bits per heavy atom. The van der Waals surface area contributed by atoms with E-state index in [1.165, 1.54) is 18.0 Å². The Hall–Kier alpha value is -3.29. The molecule has 2 aromatic carbocycles. The van der Waals surface area contributed by atoms with Crippen LogP contribution in [0.2, 0.25) is 10.0 Å². The lowest BCUT2D eigenvalue weighted by atomic mass is 10.1. The van der Waals surface area contributed by atoms with Crippen LogP contribution in [-0.4, -0.2) is 34.5 Å². The Morgan fingerprint density at radius 2 is 1.77 bits per heavy atom. The van der Waals surface area contributed by atoms with Crippen LogP contribution in [0.25, 0.3) is 22.6 Å². The lowest BCUT2D eigenvalue weighted by molar-refractivity contribution is 0.0600. The monoisotopic (exact) mass is 443 g/mol. The number of hydrogen-bond acceptors (Lipinski definition) is 5. The lowest BCUT2D eigenvalue weighted by Gasteiger charge is -2.13. The van der Waals surface area contributed by atoms with Crippen LogP contribution in [0.15, 0.2) is 59.7 Å². The zero-order valence-electron chi connectivity index (χ0n) is 15.9. The minimum Gasteiger partial charge on any atom is -0.497 e. The fraction of sp³-hybridized carbons (Fsp3) is 0.0952. The number of ether oxygens (including phenoxy) is 2. The summed E-state index contributed by atoms with van der Waals surface area (Å²) in [5.74, 6) is 0.0206. The number of pyridine rings is 1. The van der Waals surface area contributed by atoms with E-state index in [1.807, 2.05) is 0 Å². The van der Waals surface area contributed by atoms with E-state index in [-0.39, 0.29) is 22.4 Å². The molecule has 0 unspecified atom stereocenters. The molecule has 9 heteroatoms. The molecular weight excluding hydrogens is 429 g/mol. The first kappa shape index (κ1) is 20.0. The van der Waals surface area contributed by atoms with Crippen molar-refractivity contribution in [3.63, 3.8) is 0 Å². The zero-order valence-corrected chi connectivity index (χ0v) is 17.4. The van der Waals surface area contributed by atoms with Crippen LogP contribution in [0.1, 0.15) is 10.4 Å². The second-order valence-electron chi connectivity index (χ2n) is 6.34. The van der Waals surface area contributed by atoms with Crippen molar-refractivity contribution in [2.45, 2.75) is 0 Å². The maximum absolute atomic E-state index is 13.1. The molecule has 152 valence electrons. The van der Waals surface area contributed by atoms with Crippen LogP contribution in [0, 0.1) is 0 Å². The topological polar surface area (TPSA) is 75.3 Å². The number of aromatic nitrogens is 3. The van der Waals surface area contributed by atoms with E-state index in [2.05, 4.69) is 5.10 Å². The maximum atomic E-state index is 13.1. The molecule has 0 fully saturated rings. The van der Waals surface area contributed by atoms with Gasteiger partial charge in [0, 0.05) is 17.4 Å². The van der Waals surface area contributed by atoms with Crippen LogP contribution < -0.4 is 10.3 Å². The van der Waals surface area contributed by atoms with E-state index in [9.17, 15) is 9.59 Å². The molecule has 0 saturated heterocycles. The molecule has 0 atom stereocenters. The van der Waals surface area contributed by atoms with Gasteiger partial charge in [-0.05, 0) is 42.5 Å². The highest BCUT2D eigenvalue weighted by atomic mass is 35.5. The molecule has 0 bridgehead atoms. The molecule has 0 radical (unpaired) electrons. The van der Waals surface area contributed by atoms with Gasteiger partial charge in [0.2, 0.25) is 0 Å². The quantitative estimate of drug-likeness (QED) is 0.441. The maximum Gasteiger partial charge on any atom is 0.341 e. The number of rotatable bonds is 4. The Bertz CT molecular complexity index is 1280. The first-order chi connectivity index (χ1) is 14.4. The smallest absolute Gasteiger partial charge is 0.341 e. The lowest BCUT2D eigenvalue weighted by Crippen LogP contribution is -2.15. The van der Waals surface area contributed by atoms with Crippen molar-refractivity contribution in [2.24, 2.45) is 0 Å². The summed E-state index contributed by atoms with van der Waals surface area (Å²) in [7, 11) is 2.82. The van der Waals surface area contributed by atoms with Crippen LogP contribution in [-0.2, 0) is 4.74 Å².